The van der Waals surface area contributed by atoms with Crippen molar-refractivity contribution in [1.82, 2.24) is 9.88 Å². The van der Waals surface area contributed by atoms with Crippen molar-refractivity contribution >= 4 is 23.4 Å². The zero-order chi connectivity index (χ0) is 31.4. The summed E-state index contributed by atoms with van der Waals surface area (Å²) in [6.45, 7) is 9.03. The molecule has 232 valence electrons. The summed E-state index contributed by atoms with van der Waals surface area (Å²) in [4.78, 5) is 36.9. The van der Waals surface area contributed by atoms with Crippen molar-refractivity contribution in [2.75, 3.05) is 36.0 Å². The van der Waals surface area contributed by atoms with Crippen LogP contribution in [0.1, 0.15) is 47.8 Å². The number of hydrogen-bond acceptors (Lipinski definition) is 7. The molecule has 9 nitrogen and oxygen atoms in total. The van der Waals surface area contributed by atoms with Crippen molar-refractivity contribution in [3.8, 4) is 11.8 Å². The Hall–Kier alpha value is -5.05. The molecule has 1 saturated heterocycles. The molecule has 0 N–H and O–H groups in total. The highest BCUT2D eigenvalue weighted by Crippen LogP contribution is 2.39. The molecule has 1 fully saturated rings. The maximum atomic E-state index is 13.9. The van der Waals surface area contributed by atoms with Gasteiger partial charge < -0.3 is 24.0 Å². The van der Waals surface area contributed by atoms with Gasteiger partial charge in [-0.1, -0.05) is 66.7 Å². The summed E-state index contributed by atoms with van der Waals surface area (Å²) in [5, 5.41) is 0. The van der Waals surface area contributed by atoms with Gasteiger partial charge in [-0.2, -0.15) is 4.98 Å². The molecule has 0 saturated carbocycles. The maximum absolute atomic E-state index is 13.9. The van der Waals surface area contributed by atoms with Gasteiger partial charge in [-0.25, -0.2) is 4.79 Å². The number of fused-ring (bicyclic) bond motifs is 1. The monoisotopic (exact) mass is 606 g/mol. The predicted molar refractivity (Wildman–Crippen MR) is 173 cm³/mol. The van der Waals surface area contributed by atoms with Crippen molar-refractivity contribution in [3.63, 3.8) is 0 Å². The normalized spacial score (nSPS) is 14.7. The average Bonchev–Trinajstić information content (AvgIpc) is 3.39. The molecule has 6 rings (SSSR count). The van der Waals surface area contributed by atoms with E-state index in [2.05, 4.69) is 4.90 Å². The number of carbonyl (C=O) groups is 2. The molecule has 2 aliphatic heterocycles. The summed E-state index contributed by atoms with van der Waals surface area (Å²) in [5.74, 6) is 0.639. The van der Waals surface area contributed by atoms with E-state index in [-0.39, 0.29) is 12.0 Å². The Balaban J connectivity index is 1.22. The second-order valence-corrected chi connectivity index (χ2v) is 12.2. The van der Waals surface area contributed by atoms with Gasteiger partial charge in [0.2, 0.25) is 11.8 Å². The van der Waals surface area contributed by atoms with Gasteiger partial charge in [-0.3, -0.25) is 9.69 Å². The minimum Gasteiger partial charge on any atom is -0.473 e. The lowest BCUT2D eigenvalue weighted by Crippen LogP contribution is -2.50. The van der Waals surface area contributed by atoms with Crippen molar-refractivity contribution in [3.05, 3.63) is 113 Å². The Morgan fingerprint density at radius 3 is 2.04 bits per heavy atom. The first-order chi connectivity index (χ1) is 21.7. The lowest BCUT2D eigenvalue weighted by atomic mass is 10.1. The highest BCUT2D eigenvalue weighted by molar-refractivity contribution is 6.11. The van der Waals surface area contributed by atoms with E-state index in [4.69, 9.17) is 19.2 Å². The van der Waals surface area contributed by atoms with Crippen LogP contribution in [-0.2, 0) is 24.5 Å². The van der Waals surface area contributed by atoms with Gasteiger partial charge in [0.15, 0.2) is 0 Å². The standard InChI is InChI=1S/C36H38N4O5/c1-36(2,3)45-35(42)39-21-19-38(20-22-39)30-16-10-15-28-29(30)23-40(34(28)41)31-17-18-32(43-24-26-11-6-4-7-12-26)37-33(31)44-25-27-13-8-5-9-14-27/h4-18H,19-25H2,1-3H3. The van der Waals surface area contributed by atoms with E-state index < -0.39 is 5.60 Å². The number of piperazine rings is 1. The Labute approximate surface area is 263 Å². The van der Waals surface area contributed by atoms with Crippen LogP contribution >= 0.6 is 0 Å². The maximum Gasteiger partial charge on any atom is 0.410 e. The zero-order valence-electron chi connectivity index (χ0n) is 25.9. The fourth-order valence-corrected chi connectivity index (χ4v) is 5.53. The molecule has 9 heteroatoms. The summed E-state index contributed by atoms with van der Waals surface area (Å²) in [7, 11) is 0. The molecule has 2 amide bonds. The highest BCUT2D eigenvalue weighted by Gasteiger charge is 2.35. The van der Waals surface area contributed by atoms with Crippen LogP contribution in [0.3, 0.4) is 0 Å². The molecule has 2 aliphatic rings. The van der Waals surface area contributed by atoms with Crippen LogP contribution in [0.15, 0.2) is 91.0 Å². The SMILES string of the molecule is CC(C)(C)OC(=O)N1CCN(c2cccc3c2CN(c2ccc(OCc4ccccc4)nc2OCc2ccccc2)C3=O)CC1. The summed E-state index contributed by atoms with van der Waals surface area (Å²) in [5.41, 5.74) is 4.66. The number of anilines is 2. The number of amides is 2. The molecule has 3 aromatic carbocycles. The zero-order valence-corrected chi connectivity index (χ0v) is 25.9. The topological polar surface area (TPSA) is 84.4 Å². The largest absolute Gasteiger partial charge is 0.473 e. The second kappa shape index (κ2) is 12.9. The van der Waals surface area contributed by atoms with Gasteiger partial charge in [0.1, 0.15) is 24.5 Å². The number of ether oxygens (including phenoxy) is 3. The minimum atomic E-state index is -0.539. The van der Waals surface area contributed by atoms with E-state index in [0.29, 0.717) is 68.9 Å². The van der Waals surface area contributed by atoms with Crippen LogP contribution < -0.4 is 19.3 Å². The quantitative estimate of drug-likeness (QED) is 0.228. The van der Waals surface area contributed by atoms with E-state index in [1.165, 1.54) is 0 Å². The Bertz CT molecular complexity index is 1650. The molecule has 0 aliphatic carbocycles. The third-order valence-electron chi connectivity index (χ3n) is 7.77. The van der Waals surface area contributed by atoms with Gasteiger partial charge in [0.05, 0.1) is 6.54 Å². The molecule has 3 heterocycles. The number of carbonyl (C=O) groups excluding carboxylic acids is 2. The highest BCUT2D eigenvalue weighted by atomic mass is 16.6. The number of aromatic nitrogens is 1. The third kappa shape index (κ3) is 7.03. The summed E-state index contributed by atoms with van der Waals surface area (Å²) >= 11 is 0. The van der Waals surface area contributed by atoms with Gasteiger partial charge in [-0.15, -0.1) is 0 Å². The molecule has 45 heavy (non-hydrogen) atoms. The fraction of sp³-hybridized carbons (Fsp3) is 0.306. The number of rotatable bonds is 8. The van der Waals surface area contributed by atoms with Crippen LogP contribution in [0.25, 0.3) is 0 Å². The van der Waals surface area contributed by atoms with Crippen molar-refractivity contribution < 1.29 is 23.8 Å². The van der Waals surface area contributed by atoms with Crippen molar-refractivity contribution in [1.29, 1.82) is 0 Å². The van der Waals surface area contributed by atoms with Crippen molar-refractivity contribution in [2.45, 2.75) is 46.1 Å². The minimum absolute atomic E-state index is 0.108. The third-order valence-corrected chi connectivity index (χ3v) is 7.77. The molecule has 0 radical (unpaired) electrons. The van der Waals surface area contributed by atoms with Gasteiger partial charge in [-0.05, 0) is 50.1 Å². The van der Waals surface area contributed by atoms with E-state index in [1.807, 2.05) is 106 Å². The van der Waals surface area contributed by atoms with E-state index in [9.17, 15) is 9.59 Å². The number of benzene rings is 3. The van der Waals surface area contributed by atoms with E-state index in [1.54, 1.807) is 15.9 Å². The Morgan fingerprint density at radius 2 is 1.40 bits per heavy atom. The molecule has 0 unspecified atom stereocenters. The molecule has 4 aromatic rings. The Morgan fingerprint density at radius 1 is 0.756 bits per heavy atom. The van der Waals surface area contributed by atoms with Crippen LogP contribution in [0.2, 0.25) is 0 Å². The lowest BCUT2D eigenvalue weighted by Gasteiger charge is -2.37. The summed E-state index contributed by atoms with van der Waals surface area (Å²) in [6.07, 6.45) is -0.298. The molecule has 0 bridgehead atoms. The van der Waals surface area contributed by atoms with Gasteiger partial charge in [0, 0.05) is 49.1 Å². The molecular formula is C36H38N4O5. The Kier molecular flexibility index (Phi) is 8.60. The average molecular weight is 607 g/mol. The van der Waals surface area contributed by atoms with E-state index in [0.717, 1.165) is 22.4 Å². The smallest absolute Gasteiger partial charge is 0.410 e. The van der Waals surface area contributed by atoms with Crippen LogP contribution in [0, 0.1) is 0 Å². The fourth-order valence-electron chi connectivity index (χ4n) is 5.53. The predicted octanol–water partition coefficient (Wildman–Crippen LogP) is 6.46. The first-order valence-electron chi connectivity index (χ1n) is 15.3. The van der Waals surface area contributed by atoms with Crippen molar-refractivity contribution in [2.24, 2.45) is 0 Å². The number of hydrogen-bond donors (Lipinski definition) is 0. The molecule has 0 spiro atoms. The lowest BCUT2D eigenvalue weighted by molar-refractivity contribution is 0.0240. The number of pyridine rings is 1. The molecular weight excluding hydrogens is 568 g/mol. The first kappa shape index (κ1) is 30.0. The van der Waals surface area contributed by atoms with Crippen LogP contribution in [0.5, 0.6) is 11.8 Å². The summed E-state index contributed by atoms with van der Waals surface area (Å²) in [6, 6.07) is 29.2. The second-order valence-electron chi connectivity index (χ2n) is 12.2. The summed E-state index contributed by atoms with van der Waals surface area (Å²) < 4.78 is 17.8. The van der Waals surface area contributed by atoms with Crippen LogP contribution in [-0.4, -0.2) is 53.7 Å². The molecule has 1 aromatic heterocycles. The number of nitrogens with zero attached hydrogens (tertiary/aromatic N) is 4. The van der Waals surface area contributed by atoms with Crippen LogP contribution in [0.4, 0.5) is 16.2 Å². The van der Waals surface area contributed by atoms with Gasteiger partial charge in [0.25, 0.3) is 5.91 Å². The van der Waals surface area contributed by atoms with Gasteiger partial charge >= 0.3 is 6.09 Å². The molecule has 0 atom stereocenters. The first-order valence-corrected chi connectivity index (χ1v) is 15.3. The van der Waals surface area contributed by atoms with E-state index >= 15 is 0 Å².